The van der Waals surface area contributed by atoms with E-state index in [-0.39, 0.29) is 11.8 Å². The van der Waals surface area contributed by atoms with Crippen LogP contribution in [0.25, 0.3) is 31.6 Å². The molecule has 4 nitrogen and oxygen atoms in total. The molecule has 1 aliphatic heterocycles. The number of carbonyl (C=O) groups excluding carboxylic acids is 1. The van der Waals surface area contributed by atoms with E-state index in [0.717, 1.165) is 56.6 Å². The number of thiophene rings is 1. The van der Waals surface area contributed by atoms with Crippen LogP contribution in [0.15, 0.2) is 48.5 Å². The van der Waals surface area contributed by atoms with Crippen molar-refractivity contribution in [3.05, 3.63) is 59.9 Å². The summed E-state index contributed by atoms with van der Waals surface area (Å²) in [7, 11) is 1.38. The lowest BCUT2D eigenvalue weighted by molar-refractivity contribution is 0.0601. The lowest BCUT2D eigenvalue weighted by Gasteiger charge is -2.26. The van der Waals surface area contributed by atoms with Gasteiger partial charge in [-0.25, -0.2) is 14.2 Å². The number of esters is 1. The van der Waals surface area contributed by atoms with Crippen molar-refractivity contribution in [2.45, 2.75) is 25.8 Å². The molecule has 152 valence electrons. The van der Waals surface area contributed by atoms with Gasteiger partial charge in [-0.15, -0.1) is 11.3 Å². The lowest BCUT2D eigenvalue weighted by Crippen LogP contribution is -2.27. The van der Waals surface area contributed by atoms with Gasteiger partial charge in [-0.3, -0.25) is 0 Å². The molecule has 0 aliphatic carbocycles. The van der Waals surface area contributed by atoms with Crippen LogP contribution in [-0.4, -0.2) is 30.6 Å². The Balaban J connectivity index is 1.72. The first-order chi connectivity index (χ1) is 14.5. The van der Waals surface area contributed by atoms with Gasteiger partial charge in [0.25, 0.3) is 0 Å². The minimum absolute atomic E-state index is 0.234. The summed E-state index contributed by atoms with van der Waals surface area (Å²) in [6, 6.07) is 14.9. The summed E-state index contributed by atoms with van der Waals surface area (Å²) < 4.78 is 19.6. The molecule has 1 saturated heterocycles. The van der Waals surface area contributed by atoms with Gasteiger partial charge in [0, 0.05) is 22.7 Å². The number of ether oxygens (including phenoxy) is 1. The van der Waals surface area contributed by atoms with Gasteiger partial charge in [0.1, 0.15) is 11.5 Å². The van der Waals surface area contributed by atoms with E-state index < -0.39 is 0 Å². The molecule has 3 heterocycles. The molecule has 0 amide bonds. The van der Waals surface area contributed by atoms with Crippen LogP contribution in [-0.2, 0) is 4.74 Å². The lowest BCUT2D eigenvalue weighted by atomic mass is 10.1. The van der Waals surface area contributed by atoms with Crippen LogP contribution in [0.1, 0.15) is 30.1 Å². The number of pyridine rings is 1. The summed E-state index contributed by atoms with van der Waals surface area (Å²) in [4.78, 5) is 20.4. The number of benzene rings is 2. The summed E-state index contributed by atoms with van der Waals surface area (Å²) in [5.74, 6) is -0.592. The summed E-state index contributed by atoms with van der Waals surface area (Å²) >= 11 is 1.62. The largest absolute Gasteiger partial charge is 0.465 e. The number of hydrogen-bond acceptors (Lipinski definition) is 5. The normalized spacial score (nSPS) is 16.5. The molecule has 4 aromatic rings. The number of nitrogens with zero attached hydrogens (tertiary/aromatic N) is 2. The predicted molar refractivity (Wildman–Crippen MR) is 120 cm³/mol. The average molecular weight is 421 g/mol. The van der Waals surface area contributed by atoms with Crippen molar-refractivity contribution in [1.82, 2.24) is 4.98 Å². The molecule has 0 unspecified atom stereocenters. The SMILES string of the molecule is COC(=O)c1ccc2nc(-c3cc4cc(F)ccc4s3)c(N3CCC[C@@H]3C)cc2c1. The Morgan fingerprint density at radius 2 is 2.03 bits per heavy atom. The molecule has 1 aliphatic rings. The smallest absolute Gasteiger partial charge is 0.337 e. The van der Waals surface area contributed by atoms with Crippen molar-refractivity contribution < 1.29 is 13.9 Å². The van der Waals surface area contributed by atoms with Gasteiger partial charge in [-0.2, -0.15) is 0 Å². The molecule has 30 heavy (non-hydrogen) atoms. The number of fused-ring (bicyclic) bond motifs is 2. The van der Waals surface area contributed by atoms with Gasteiger partial charge in [0.05, 0.1) is 28.8 Å². The van der Waals surface area contributed by atoms with E-state index in [0.29, 0.717) is 11.6 Å². The van der Waals surface area contributed by atoms with Crippen LogP contribution >= 0.6 is 11.3 Å². The molecule has 0 spiro atoms. The van der Waals surface area contributed by atoms with Crippen LogP contribution in [0, 0.1) is 5.82 Å². The van der Waals surface area contributed by atoms with Gasteiger partial charge in [0.15, 0.2) is 0 Å². The number of carbonyl (C=O) groups is 1. The summed E-state index contributed by atoms with van der Waals surface area (Å²) in [6.45, 7) is 3.20. The van der Waals surface area contributed by atoms with Gasteiger partial charge in [-0.05, 0) is 73.7 Å². The van der Waals surface area contributed by atoms with E-state index >= 15 is 0 Å². The van der Waals surface area contributed by atoms with E-state index in [9.17, 15) is 9.18 Å². The third-order valence-electron chi connectivity index (χ3n) is 5.79. The zero-order valence-corrected chi connectivity index (χ0v) is 17.6. The van der Waals surface area contributed by atoms with Crippen LogP contribution in [0.2, 0.25) is 0 Å². The quantitative estimate of drug-likeness (QED) is 0.380. The van der Waals surface area contributed by atoms with Gasteiger partial charge in [0.2, 0.25) is 0 Å². The number of hydrogen-bond donors (Lipinski definition) is 0. The molecule has 0 N–H and O–H groups in total. The molecular weight excluding hydrogens is 399 g/mol. The van der Waals surface area contributed by atoms with Crippen molar-refractivity contribution in [3.8, 4) is 10.6 Å². The summed E-state index contributed by atoms with van der Waals surface area (Å²) in [5.41, 5.74) is 3.29. The topological polar surface area (TPSA) is 42.4 Å². The zero-order valence-electron chi connectivity index (χ0n) is 16.8. The van der Waals surface area contributed by atoms with Gasteiger partial charge >= 0.3 is 5.97 Å². The Kier molecular flexibility index (Phi) is 4.66. The Morgan fingerprint density at radius 1 is 1.17 bits per heavy atom. The molecule has 6 heteroatoms. The number of rotatable bonds is 3. The predicted octanol–water partition coefficient (Wildman–Crippen LogP) is 6.03. The van der Waals surface area contributed by atoms with E-state index in [1.54, 1.807) is 23.5 Å². The number of aromatic nitrogens is 1. The molecule has 0 saturated carbocycles. The number of methoxy groups -OCH3 is 1. The second kappa shape index (κ2) is 7.36. The van der Waals surface area contributed by atoms with Crippen molar-refractivity contribution in [2.75, 3.05) is 18.6 Å². The molecule has 2 aromatic carbocycles. The maximum Gasteiger partial charge on any atom is 0.337 e. The fourth-order valence-electron chi connectivity index (χ4n) is 4.23. The number of anilines is 1. The van der Waals surface area contributed by atoms with Crippen LogP contribution in [0.3, 0.4) is 0 Å². The van der Waals surface area contributed by atoms with E-state index in [2.05, 4.69) is 17.9 Å². The second-order valence-corrected chi connectivity index (χ2v) is 8.82. The molecule has 5 rings (SSSR count). The fraction of sp³-hybridized carbons (Fsp3) is 0.250. The van der Waals surface area contributed by atoms with Crippen molar-refractivity contribution in [1.29, 1.82) is 0 Å². The first-order valence-electron chi connectivity index (χ1n) is 10.0. The fourth-order valence-corrected chi connectivity index (χ4v) is 5.27. The zero-order chi connectivity index (χ0) is 20.8. The molecular formula is C24H21FN2O2S. The molecule has 1 atom stereocenters. The minimum atomic E-state index is -0.358. The van der Waals surface area contributed by atoms with E-state index in [1.165, 1.54) is 13.2 Å². The molecule has 0 bridgehead atoms. The second-order valence-electron chi connectivity index (χ2n) is 7.73. The maximum absolute atomic E-state index is 13.7. The first kappa shape index (κ1) is 19.0. The third-order valence-corrected chi connectivity index (χ3v) is 6.91. The van der Waals surface area contributed by atoms with Crippen LogP contribution in [0.4, 0.5) is 10.1 Å². The molecule has 0 radical (unpaired) electrons. The summed E-state index contributed by atoms with van der Waals surface area (Å²) in [6.07, 6.45) is 2.27. The highest BCUT2D eigenvalue weighted by molar-refractivity contribution is 7.22. The molecule has 1 fully saturated rings. The van der Waals surface area contributed by atoms with Gasteiger partial charge < -0.3 is 9.64 Å². The van der Waals surface area contributed by atoms with Crippen molar-refractivity contribution in [2.24, 2.45) is 0 Å². The Labute approximate surface area is 177 Å². The van der Waals surface area contributed by atoms with Crippen LogP contribution < -0.4 is 4.90 Å². The Bertz CT molecular complexity index is 1280. The van der Waals surface area contributed by atoms with Crippen molar-refractivity contribution in [3.63, 3.8) is 0 Å². The van der Waals surface area contributed by atoms with E-state index in [4.69, 9.17) is 9.72 Å². The Hall–Kier alpha value is -2.99. The standard InChI is InChI=1S/C24H21FN2O2S/c1-14-4-3-9-27(14)20-12-16-10-15(24(28)29-2)5-7-19(16)26-23(20)22-13-17-11-18(25)6-8-21(17)30-22/h5-8,10-14H,3-4,9H2,1-2H3/t14-/m0/s1. The van der Waals surface area contributed by atoms with E-state index in [1.807, 2.05) is 24.3 Å². The highest BCUT2D eigenvalue weighted by atomic mass is 32.1. The maximum atomic E-state index is 13.7. The highest BCUT2D eigenvalue weighted by Crippen LogP contribution is 2.41. The van der Waals surface area contributed by atoms with Crippen molar-refractivity contribution >= 4 is 44.0 Å². The third kappa shape index (κ3) is 3.21. The monoisotopic (exact) mass is 420 g/mol. The average Bonchev–Trinajstić information content (AvgIpc) is 3.37. The highest BCUT2D eigenvalue weighted by Gasteiger charge is 2.25. The van der Waals surface area contributed by atoms with Crippen LogP contribution in [0.5, 0.6) is 0 Å². The first-order valence-corrected chi connectivity index (χ1v) is 10.8. The Morgan fingerprint density at radius 3 is 2.80 bits per heavy atom. The summed E-state index contributed by atoms with van der Waals surface area (Å²) in [5, 5.41) is 1.79. The number of halogens is 1. The molecule has 2 aromatic heterocycles. The van der Waals surface area contributed by atoms with Gasteiger partial charge in [-0.1, -0.05) is 0 Å². The minimum Gasteiger partial charge on any atom is -0.465 e.